The number of unbranched alkanes of at least 4 members (excludes halogenated alkanes) is 1. The van der Waals surface area contributed by atoms with Crippen LogP contribution in [0.4, 0.5) is 0 Å². The van der Waals surface area contributed by atoms with E-state index in [0.29, 0.717) is 0 Å². The van der Waals surface area contributed by atoms with Gasteiger partial charge in [0.1, 0.15) is 0 Å². The first-order valence-corrected chi connectivity index (χ1v) is 4.25. The van der Waals surface area contributed by atoms with Crippen molar-refractivity contribution in [2.75, 3.05) is 0 Å². The van der Waals surface area contributed by atoms with Crippen LogP contribution < -0.4 is 17.1 Å². The second-order valence-electron chi connectivity index (χ2n) is 3.08. The number of hydrogen-bond donors (Lipinski definition) is 0. The Balaban J connectivity index is 0.00000121. The molecule has 0 aliphatic heterocycles. The molecule has 0 aliphatic carbocycles. The van der Waals surface area contributed by atoms with E-state index in [1.807, 2.05) is 0 Å². The van der Waals surface area contributed by atoms with Crippen molar-refractivity contribution in [3.05, 3.63) is 18.0 Å². The second kappa shape index (κ2) is 5.20. The van der Waals surface area contributed by atoms with Gasteiger partial charge in [-0.15, -0.1) is 4.68 Å². The van der Waals surface area contributed by atoms with Crippen molar-refractivity contribution >= 4 is 0 Å². The average molecular weight is 189 g/mol. The highest BCUT2D eigenvalue weighted by molar-refractivity contribution is 4.99. The predicted molar refractivity (Wildman–Crippen MR) is 45.2 cm³/mol. The van der Waals surface area contributed by atoms with Gasteiger partial charge in [-0.3, -0.25) is 0 Å². The third-order valence-corrected chi connectivity index (χ3v) is 2.02. The Morgan fingerprint density at radius 1 is 1.50 bits per heavy atom. The number of aromatic nitrogens is 2. The van der Waals surface area contributed by atoms with E-state index in [1.54, 1.807) is 0 Å². The Hall–Kier alpha value is -0.500. The fraction of sp³-hybridized carbons (Fsp3) is 0.667. The molecule has 0 aromatic carbocycles. The Labute approximate surface area is 80.6 Å². The molecule has 0 aliphatic rings. The number of hydrogen-bond acceptors (Lipinski definition) is 0. The molecule has 12 heavy (non-hydrogen) atoms. The lowest BCUT2D eigenvalue weighted by atomic mass is 10.2. The molecule has 0 saturated carbocycles. The van der Waals surface area contributed by atoms with Crippen LogP contribution >= 0.6 is 0 Å². The minimum atomic E-state index is 0. The van der Waals surface area contributed by atoms with E-state index in [0.717, 1.165) is 0 Å². The van der Waals surface area contributed by atoms with Crippen molar-refractivity contribution in [1.29, 1.82) is 0 Å². The zero-order valence-corrected chi connectivity index (χ0v) is 8.80. The van der Waals surface area contributed by atoms with E-state index in [4.69, 9.17) is 0 Å². The summed E-state index contributed by atoms with van der Waals surface area (Å²) in [5, 5.41) is 0. The first kappa shape index (κ1) is 11.5. The summed E-state index contributed by atoms with van der Waals surface area (Å²) in [5.41, 5.74) is 1.44. The smallest absolute Gasteiger partial charge is 0.198 e. The molecule has 1 rings (SSSR count). The molecule has 0 fully saturated rings. The zero-order valence-electron chi connectivity index (χ0n) is 8.05. The van der Waals surface area contributed by atoms with E-state index in [9.17, 15) is 0 Å². The molecule has 1 aromatic heterocycles. The van der Waals surface area contributed by atoms with Crippen LogP contribution in [0.25, 0.3) is 0 Å². The maximum absolute atomic E-state index is 2.23. The Morgan fingerprint density at radius 2 is 2.17 bits per heavy atom. The van der Waals surface area contributed by atoms with Gasteiger partial charge in [0, 0.05) is 5.56 Å². The molecule has 0 unspecified atom stereocenters. The van der Waals surface area contributed by atoms with Crippen LogP contribution in [0, 0.1) is 0 Å². The standard InChI is InChI=1S/C9H17N2.ClH/c1-4-5-6-9-7-10(2)11(3)8-9;/h7-8H,4-6H2,1-3H3;1H/q+1;/p-1. The van der Waals surface area contributed by atoms with E-state index in [1.165, 1.54) is 24.8 Å². The van der Waals surface area contributed by atoms with Gasteiger partial charge in [0.2, 0.25) is 0 Å². The normalized spacial score (nSPS) is 9.58. The first-order chi connectivity index (χ1) is 5.24. The molecule has 2 nitrogen and oxygen atoms in total. The third-order valence-electron chi connectivity index (χ3n) is 2.02. The highest BCUT2D eigenvalue weighted by Gasteiger charge is 2.03. The van der Waals surface area contributed by atoms with Crippen molar-refractivity contribution in [3.63, 3.8) is 0 Å². The topological polar surface area (TPSA) is 8.81 Å². The highest BCUT2D eigenvalue weighted by atomic mass is 35.5. The summed E-state index contributed by atoms with van der Waals surface area (Å²) < 4.78 is 4.20. The Bertz CT molecular complexity index is 211. The molecule has 3 heteroatoms. The maximum Gasteiger partial charge on any atom is 0.198 e. The minimum absolute atomic E-state index is 0. The number of aryl methyl sites for hydroxylation is 3. The maximum atomic E-state index is 2.23. The van der Waals surface area contributed by atoms with Crippen LogP contribution in [-0.2, 0) is 20.5 Å². The number of nitrogens with zero attached hydrogens (tertiary/aromatic N) is 2. The van der Waals surface area contributed by atoms with Gasteiger partial charge >= 0.3 is 0 Å². The summed E-state index contributed by atoms with van der Waals surface area (Å²) in [7, 11) is 4.13. The lowest BCUT2D eigenvalue weighted by Crippen LogP contribution is -3.00. The third kappa shape index (κ3) is 2.86. The van der Waals surface area contributed by atoms with Crippen molar-refractivity contribution in [2.24, 2.45) is 14.1 Å². The molecule has 0 amide bonds. The molecule has 0 saturated heterocycles. The van der Waals surface area contributed by atoms with Crippen LogP contribution in [0.3, 0.4) is 0 Å². The quantitative estimate of drug-likeness (QED) is 0.495. The number of rotatable bonds is 3. The summed E-state index contributed by atoms with van der Waals surface area (Å²) in [6.07, 6.45) is 8.17. The number of halogens is 1. The fourth-order valence-electron chi connectivity index (χ4n) is 1.21. The zero-order chi connectivity index (χ0) is 8.27. The monoisotopic (exact) mass is 188 g/mol. The van der Waals surface area contributed by atoms with Crippen molar-refractivity contribution < 1.29 is 17.1 Å². The van der Waals surface area contributed by atoms with Gasteiger partial charge in [0.15, 0.2) is 13.2 Å². The molecule has 0 radical (unpaired) electrons. The predicted octanol–water partition coefficient (Wildman–Crippen LogP) is -1.80. The van der Waals surface area contributed by atoms with Gasteiger partial charge in [0.25, 0.3) is 0 Å². The Kier molecular flexibility index (Phi) is 4.98. The van der Waals surface area contributed by atoms with Gasteiger partial charge in [-0.1, -0.05) is 13.3 Å². The lowest BCUT2D eigenvalue weighted by molar-refractivity contribution is -0.751. The summed E-state index contributed by atoms with van der Waals surface area (Å²) >= 11 is 0. The molecule has 0 spiro atoms. The molecular formula is C9H17ClN2. The summed E-state index contributed by atoms with van der Waals surface area (Å²) in [5.74, 6) is 0. The van der Waals surface area contributed by atoms with E-state index in [-0.39, 0.29) is 12.4 Å². The van der Waals surface area contributed by atoms with Gasteiger partial charge in [-0.05, 0) is 12.8 Å². The second-order valence-corrected chi connectivity index (χ2v) is 3.08. The first-order valence-electron chi connectivity index (χ1n) is 4.25. The molecule has 0 bridgehead atoms. The lowest BCUT2D eigenvalue weighted by Gasteiger charge is -1.88. The average Bonchev–Trinajstić information content (AvgIpc) is 2.28. The van der Waals surface area contributed by atoms with Gasteiger partial charge in [-0.25, -0.2) is 0 Å². The van der Waals surface area contributed by atoms with Gasteiger partial charge < -0.3 is 12.4 Å². The summed E-state index contributed by atoms with van der Waals surface area (Å²) in [6, 6.07) is 0. The molecule has 70 valence electrons. The molecule has 0 N–H and O–H groups in total. The van der Waals surface area contributed by atoms with Crippen molar-refractivity contribution in [2.45, 2.75) is 26.2 Å². The van der Waals surface area contributed by atoms with Gasteiger partial charge in [0.05, 0.1) is 13.2 Å². The van der Waals surface area contributed by atoms with Gasteiger partial charge in [-0.2, -0.15) is 4.68 Å². The van der Waals surface area contributed by atoms with Crippen LogP contribution in [0.1, 0.15) is 25.3 Å². The summed E-state index contributed by atoms with van der Waals surface area (Å²) in [4.78, 5) is 0. The van der Waals surface area contributed by atoms with Crippen LogP contribution in [0.2, 0.25) is 0 Å². The van der Waals surface area contributed by atoms with Crippen LogP contribution in [0.15, 0.2) is 12.4 Å². The van der Waals surface area contributed by atoms with Crippen molar-refractivity contribution in [1.82, 2.24) is 4.68 Å². The fourth-order valence-corrected chi connectivity index (χ4v) is 1.21. The molecular weight excluding hydrogens is 172 g/mol. The highest BCUT2D eigenvalue weighted by Crippen LogP contribution is 2.00. The van der Waals surface area contributed by atoms with Crippen molar-refractivity contribution in [3.8, 4) is 0 Å². The molecule has 1 heterocycles. The summed E-state index contributed by atoms with van der Waals surface area (Å²) in [6.45, 7) is 2.23. The Morgan fingerprint density at radius 3 is 2.58 bits per heavy atom. The SMILES string of the molecule is CCCCc1cn(C)[n+](C)c1.[Cl-]. The molecule has 0 atom stereocenters. The molecule has 1 aromatic rings. The van der Waals surface area contributed by atoms with E-state index >= 15 is 0 Å². The van der Waals surface area contributed by atoms with Crippen LogP contribution in [-0.4, -0.2) is 4.68 Å². The van der Waals surface area contributed by atoms with Crippen LogP contribution in [0.5, 0.6) is 0 Å². The minimum Gasteiger partial charge on any atom is -1.00 e. The van der Waals surface area contributed by atoms with E-state index < -0.39 is 0 Å². The largest absolute Gasteiger partial charge is 1.00 e. The van der Waals surface area contributed by atoms with E-state index in [2.05, 4.69) is 42.8 Å².